The standard InChI is InChI=1S/C18H17F2N3O4/c19-14-7-12(8-15(20)17(14)11-1-4-21-5-2-11)23-9-13(27-18(23)24)10-25-16-3-6-26-22-16/h1,3,6-8,13,21H,2,4-5,9-10H2/p+1/t13-/m1/s1. The fraction of sp³-hybridized carbons (Fsp3) is 0.333. The highest BCUT2D eigenvalue weighted by Crippen LogP contribution is 2.31. The number of halogens is 2. The van der Waals surface area contributed by atoms with Crippen molar-refractivity contribution in [3.8, 4) is 5.88 Å². The zero-order valence-electron chi connectivity index (χ0n) is 14.4. The molecule has 27 heavy (non-hydrogen) atoms. The van der Waals surface area contributed by atoms with Crippen molar-refractivity contribution in [2.75, 3.05) is 31.1 Å². The van der Waals surface area contributed by atoms with E-state index in [1.807, 2.05) is 6.08 Å². The molecule has 1 amide bonds. The van der Waals surface area contributed by atoms with Crippen LogP contribution < -0.4 is 15.0 Å². The largest absolute Gasteiger partial charge is 0.471 e. The van der Waals surface area contributed by atoms with E-state index in [9.17, 15) is 13.6 Å². The lowest BCUT2D eigenvalue weighted by molar-refractivity contribution is -0.646. The van der Waals surface area contributed by atoms with E-state index in [1.54, 1.807) is 0 Å². The number of aromatic nitrogens is 1. The van der Waals surface area contributed by atoms with Gasteiger partial charge in [-0.2, -0.15) is 0 Å². The second-order valence-corrected chi connectivity index (χ2v) is 6.34. The van der Waals surface area contributed by atoms with Gasteiger partial charge in [0.15, 0.2) is 6.10 Å². The monoisotopic (exact) mass is 378 g/mol. The third kappa shape index (κ3) is 3.63. The summed E-state index contributed by atoms with van der Waals surface area (Å²) in [5.41, 5.74) is 0.748. The maximum atomic E-state index is 14.6. The zero-order valence-corrected chi connectivity index (χ0v) is 14.4. The third-order valence-corrected chi connectivity index (χ3v) is 4.51. The Morgan fingerprint density at radius 2 is 2.15 bits per heavy atom. The molecule has 0 radical (unpaired) electrons. The number of nitrogens with zero attached hydrogens (tertiary/aromatic N) is 2. The van der Waals surface area contributed by atoms with Crippen LogP contribution in [-0.2, 0) is 4.74 Å². The van der Waals surface area contributed by atoms with E-state index < -0.39 is 23.8 Å². The van der Waals surface area contributed by atoms with Crippen molar-refractivity contribution < 1.29 is 32.9 Å². The van der Waals surface area contributed by atoms with Crippen LogP contribution in [0.4, 0.5) is 19.3 Å². The van der Waals surface area contributed by atoms with Crippen LogP contribution in [0, 0.1) is 11.6 Å². The number of hydrogen-bond donors (Lipinski definition) is 1. The Morgan fingerprint density at radius 1 is 1.33 bits per heavy atom. The molecular formula is C18H18F2N3O4+. The van der Waals surface area contributed by atoms with Gasteiger partial charge < -0.3 is 19.3 Å². The Morgan fingerprint density at radius 3 is 2.81 bits per heavy atom. The summed E-state index contributed by atoms with van der Waals surface area (Å²) in [6.45, 7) is 1.66. The molecule has 0 unspecified atom stereocenters. The van der Waals surface area contributed by atoms with Gasteiger partial charge in [0.1, 0.15) is 24.5 Å². The van der Waals surface area contributed by atoms with Gasteiger partial charge in [-0.25, -0.2) is 13.6 Å². The molecule has 1 aromatic heterocycles. The predicted molar refractivity (Wildman–Crippen MR) is 90.2 cm³/mol. The number of quaternary nitrogens is 1. The van der Waals surface area contributed by atoms with E-state index in [1.165, 1.54) is 29.4 Å². The van der Waals surface area contributed by atoms with Gasteiger partial charge in [0.2, 0.25) is 0 Å². The molecule has 9 heteroatoms. The van der Waals surface area contributed by atoms with Crippen LogP contribution in [0.5, 0.6) is 5.88 Å². The summed E-state index contributed by atoms with van der Waals surface area (Å²) >= 11 is 0. The SMILES string of the molecule is O=C1O[C@@H](COc2ccon2)CN1c1cc(F)c(C2=CC[NH2+]CC2)c(F)c1. The second kappa shape index (κ2) is 7.36. The Hall–Kier alpha value is -2.94. The smallest absolute Gasteiger partial charge is 0.414 e. The van der Waals surface area contributed by atoms with Crippen molar-refractivity contribution in [1.82, 2.24) is 5.16 Å². The number of carbonyl (C=O) groups excluding carboxylic acids is 1. The van der Waals surface area contributed by atoms with Crippen molar-refractivity contribution in [3.63, 3.8) is 0 Å². The van der Waals surface area contributed by atoms with Crippen LogP contribution in [0.2, 0.25) is 0 Å². The van der Waals surface area contributed by atoms with Gasteiger partial charge >= 0.3 is 6.09 Å². The topological polar surface area (TPSA) is 81.4 Å². The summed E-state index contributed by atoms with van der Waals surface area (Å²) in [6, 6.07) is 3.86. The third-order valence-electron chi connectivity index (χ3n) is 4.51. The molecule has 2 aliphatic heterocycles. The van der Waals surface area contributed by atoms with E-state index >= 15 is 0 Å². The molecular weight excluding hydrogens is 360 g/mol. The van der Waals surface area contributed by atoms with Crippen LogP contribution in [0.1, 0.15) is 12.0 Å². The first-order chi connectivity index (χ1) is 13.1. The van der Waals surface area contributed by atoms with Gasteiger partial charge in [0.05, 0.1) is 25.3 Å². The molecule has 0 saturated carbocycles. The van der Waals surface area contributed by atoms with Crippen molar-refractivity contribution in [3.05, 3.63) is 47.7 Å². The van der Waals surface area contributed by atoms with E-state index in [-0.39, 0.29) is 30.3 Å². The maximum absolute atomic E-state index is 14.6. The average molecular weight is 378 g/mol. The summed E-state index contributed by atoms with van der Waals surface area (Å²) in [7, 11) is 0. The lowest BCUT2D eigenvalue weighted by Gasteiger charge is -2.17. The number of benzene rings is 1. The number of cyclic esters (lactones) is 1. The van der Waals surface area contributed by atoms with Gasteiger partial charge in [0, 0.05) is 18.1 Å². The molecule has 1 atom stereocenters. The Kier molecular flexibility index (Phi) is 4.76. The first-order valence-corrected chi connectivity index (χ1v) is 8.63. The average Bonchev–Trinajstić information content (AvgIpc) is 3.29. The molecule has 3 heterocycles. The molecule has 142 valence electrons. The fourth-order valence-electron chi connectivity index (χ4n) is 3.23. The van der Waals surface area contributed by atoms with Gasteiger partial charge in [-0.3, -0.25) is 4.90 Å². The first-order valence-electron chi connectivity index (χ1n) is 8.63. The maximum Gasteiger partial charge on any atom is 0.414 e. The summed E-state index contributed by atoms with van der Waals surface area (Å²) in [6.07, 6.45) is 2.51. The molecule has 7 nitrogen and oxygen atoms in total. The lowest BCUT2D eigenvalue weighted by atomic mass is 9.98. The molecule has 2 aromatic rings. The summed E-state index contributed by atoms with van der Waals surface area (Å²) in [5, 5.41) is 5.66. The summed E-state index contributed by atoms with van der Waals surface area (Å²) in [4.78, 5) is 13.3. The molecule has 0 spiro atoms. The fourth-order valence-corrected chi connectivity index (χ4v) is 3.23. The predicted octanol–water partition coefficient (Wildman–Crippen LogP) is 1.71. The van der Waals surface area contributed by atoms with Crippen LogP contribution in [0.25, 0.3) is 5.57 Å². The number of anilines is 1. The molecule has 0 aliphatic carbocycles. The molecule has 1 saturated heterocycles. The molecule has 1 fully saturated rings. The highest BCUT2D eigenvalue weighted by atomic mass is 19.1. The van der Waals surface area contributed by atoms with Crippen LogP contribution in [0.3, 0.4) is 0 Å². The van der Waals surface area contributed by atoms with E-state index in [0.717, 1.165) is 6.54 Å². The van der Waals surface area contributed by atoms with E-state index in [0.29, 0.717) is 18.5 Å². The highest BCUT2D eigenvalue weighted by molar-refractivity contribution is 5.90. The van der Waals surface area contributed by atoms with Crippen molar-refractivity contribution in [2.45, 2.75) is 12.5 Å². The molecule has 2 N–H and O–H groups in total. The van der Waals surface area contributed by atoms with Gasteiger partial charge in [-0.15, -0.1) is 0 Å². The normalized spacial score (nSPS) is 19.8. The van der Waals surface area contributed by atoms with Crippen LogP contribution >= 0.6 is 0 Å². The van der Waals surface area contributed by atoms with Crippen molar-refractivity contribution >= 4 is 17.4 Å². The Balaban J connectivity index is 1.49. The number of ether oxygens (including phenoxy) is 2. The summed E-state index contributed by atoms with van der Waals surface area (Å²) in [5.74, 6) is -1.11. The number of nitrogens with two attached hydrogens (primary N) is 1. The minimum atomic E-state index is -0.687. The lowest BCUT2D eigenvalue weighted by Crippen LogP contribution is -2.84. The zero-order chi connectivity index (χ0) is 18.8. The van der Waals surface area contributed by atoms with Gasteiger partial charge in [-0.1, -0.05) is 0 Å². The number of hydrogen-bond acceptors (Lipinski definition) is 5. The Labute approximate surface area is 153 Å². The quantitative estimate of drug-likeness (QED) is 0.857. The van der Waals surface area contributed by atoms with Crippen LogP contribution in [-0.4, -0.2) is 43.6 Å². The minimum Gasteiger partial charge on any atom is -0.471 e. The number of carbonyl (C=O) groups is 1. The van der Waals surface area contributed by atoms with Crippen molar-refractivity contribution in [1.29, 1.82) is 0 Å². The Bertz CT molecular complexity index is 846. The second-order valence-electron chi connectivity index (χ2n) is 6.34. The van der Waals surface area contributed by atoms with E-state index in [4.69, 9.17) is 9.47 Å². The first kappa shape index (κ1) is 17.5. The van der Waals surface area contributed by atoms with Gasteiger partial charge in [0.25, 0.3) is 5.88 Å². The van der Waals surface area contributed by atoms with E-state index in [2.05, 4.69) is 15.0 Å². The van der Waals surface area contributed by atoms with Crippen molar-refractivity contribution in [2.24, 2.45) is 0 Å². The molecule has 0 bridgehead atoms. The number of amides is 1. The molecule has 4 rings (SSSR count). The highest BCUT2D eigenvalue weighted by Gasteiger charge is 2.34. The minimum absolute atomic E-state index is 0.0228. The van der Waals surface area contributed by atoms with Gasteiger partial charge in [-0.05, 0) is 28.9 Å². The molecule has 2 aliphatic rings. The number of rotatable bonds is 5. The van der Waals surface area contributed by atoms with Crippen LogP contribution in [0.15, 0.2) is 35.1 Å². The molecule has 1 aromatic carbocycles. The summed E-state index contributed by atoms with van der Waals surface area (Å²) < 4.78 is 44.4.